The van der Waals surface area contributed by atoms with Crippen molar-refractivity contribution in [2.24, 2.45) is 0 Å². The molecule has 2 rings (SSSR count). The van der Waals surface area contributed by atoms with Crippen molar-refractivity contribution in [2.75, 3.05) is 17.7 Å². The lowest BCUT2D eigenvalue weighted by molar-refractivity contribution is 0.102. The number of nitrogens with zero attached hydrogens (tertiary/aromatic N) is 2. The third-order valence-electron chi connectivity index (χ3n) is 2.58. The molecule has 0 unspecified atom stereocenters. The van der Waals surface area contributed by atoms with E-state index in [0.29, 0.717) is 22.5 Å². The zero-order chi connectivity index (χ0) is 13.7. The van der Waals surface area contributed by atoms with Crippen LogP contribution in [0.3, 0.4) is 0 Å². The number of benzene rings is 1. The molecule has 0 saturated carbocycles. The van der Waals surface area contributed by atoms with Crippen molar-refractivity contribution in [3.63, 3.8) is 0 Å². The molecule has 5 nitrogen and oxygen atoms in total. The van der Waals surface area contributed by atoms with Crippen molar-refractivity contribution < 1.29 is 4.79 Å². The SMILES string of the molecule is CNc1ccncc1C(=O)Nc1cccc(C#N)c1. The maximum absolute atomic E-state index is 12.1. The number of carbonyl (C=O) groups is 1. The Bertz CT molecular complexity index is 646. The Labute approximate surface area is 110 Å². The largest absolute Gasteiger partial charge is 0.387 e. The van der Waals surface area contributed by atoms with E-state index in [0.717, 1.165) is 0 Å². The summed E-state index contributed by atoms with van der Waals surface area (Å²) in [7, 11) is 1.74. The van der Waals surface area contributed by atoms with Gasteiger partial charge in [-0.1, -0.05) is 6.07 Å². The number of hydrogen-bond acceptors (Lipinski definition) is 4. The molecule has 0 aliphatic heterocycles. The number of pyridine rings is 1. The minimum Gasteiger partial charge on any atom is -0.387 e. The van der Waals surface area contributed by atoms with Crippen molar-refractivity contribution in [3.05, 3.63) is 53.9 Å². The van der Waals surface area contributed by atoms with E-state index in [1.54, 1.807) is 43.6 Å². The van der Waals surface area contributed by atoms with Gasteiger partial charge in [0.15, 0.2) is 0 Å². The second kappa shape index (κ2) is 5.65. The van der Waals surface area contributed by atoms with Crippen LogP contribution in [0.25, 0.3) is 0 Å². The van der Waals surface area contributed by atoms with Crippen LogP contribution in [0.2, 0.25) is 0 Å². The number of amides is 1. The monoisotopic (exact) mass is 252 g/mol. The second-order valence-corrected chi connectivity index (χ2v) is 3.82. The van der Waals surface area contributed by atoms with Gasteiger partial charge in [-0.25, -0.2) is 0 Å². The predicted molar refractivity (Wildman–Crippen MR) is 72.9 cm³/mol. The molecule has 1 aromatic heterocycles. The van der Waals surface area contributed by atoms with E-state index < -0.39 is 0 Å². The average Bonchev–Trinajstić information content (AvgIpc) is 2.47. The van der Waals surface area contributed by atoms with Crippen molar-refractivity contribution >= 4 is 17.3 Å². The maximum atomic E-state index is 12.1. The highest BCUT2D eigenvalue weighted by Gasteiger charge is 2.11. The minimum absolute atomic E-state index is 0.271. The highest BCUT2D eigenvalue weighted by atomic mass is 16.1. The number of carbonyl (C=O) groups excluding carboxylic acids is 1. The molecular formula is C14H12N4O. The van der Waals surface area contributed by atoms with Crippen LogP contribution in [0.4, 0.5) is 11.4 Å². The first-order valence-corrected chi connectivity index (χ1v) is 5.68. The second-order valence-electron chi connectivity index (χ2n) is 3.82. The van der Waals surface area contributed by atoms with Gasteiger partial charge >= 0.3 is 0 Å². The van der Waals surface area contributed by atoms with Gasteiger partial charge in [-0.3, -0.25) is 9.78 Å². The van der Waals surface area contributed by atoms with E-state index in [9.17, 15) is 4.79 Å². The van der Waals surface area contributed by atoms with Crippen LogP contribution in [0.5, 0.6) is 0 Å². The van der Waals surface area contributed by atoms with Crippen LogP contribution in [-0.4, -0.2) is 17.9 Å². The Hall–Kier alpha value is -2.87. The Morgan fingerprint density at radius 2 is 2.21 bits per heavy atom. The standard InChI is InChI=1S/C14H12N4O/c1-16-13-5-6-17-9-12(13)14(19)18-11-4-2-3-10(7-11)8-15/h2-7,9H,1H3,(H,16,17)(H,18,19). The van der Waals surface area contributed by atoms with Crippen molar-refractivity contribution in [1.82, 2.24) is 4.98 Å². The number of anilines is 2. The molecule has 0 spiro atoms. The fraction of sp³-hybridized carbons (Fsp3) is 0.0714. The van der Waals surface area contributed by atoms with Gasteiger partial charge < -0.3 is 10.6 Å². The van der Waals surface area contributed by atoms with Gasteiger partial charge in [0.25, 0.3) is 5.91 Å². The predicted octanol–water partition coefficient (Wildman–Crippen LogP) is 2.25. The highest BCUT2D eigenvalue weighted by molar-refractivity contribution is 6.07. The van der Waals surface area contributed by atoms with Gasteiger partial charge in [0.1, 0.15) is 0 Å². The van der Waals surface area contributed by atoms with Crippen LogP contribution in [0.15, 0.2) is 42.7 Å². The van der Waals surface area contributed by atoms with Crippen LogP contribution >= 0.6 is 0 Å². The summed E-state index contributed by atoms with van der Waals surface area (Å²) in [4.78, 5) is 16.1. The number of nitriles is 1. The molecule has 0 fully saturated rings. The first-order valence-electron chi connectivity index (χ1n) is 5.68. The highest BCUT2D eigenvalue weighted by Crippen LogP contribution is 2.16. The zero-order valence-corrected chi connectivity index (χ0v) is 10.3. The van der Waals surface area contributed by atoms with Crippen LogP contribution < -0.4 is 10.6 Å². The number of rotatable bonds is 3. The molecule has 2 aromatic rings. The number of aromatic nitrogens is 1. The van der Waals surface area contributed by atoms with E-state index in [2.05, 4.69) is 15.6 Å². The summed E-state index contributed by atoms with van der Waals surface area (Å²) in [5.41, 5.74) is 2.23. The first-order chi connectivity index (χ1) is 9.24. The third kappa shape index (κ3) is 2.87. The first kappa shape index (κ1) is 12.6. The molecule has 1 amide bonds. The van der Waals surface area contributed by atoms with Gasteiger partial charge in [-0.15, -0.1) is 0 Å². The molecule has 94 valence electrons. The molecule has 19 heavy (non-hydrogen) atoms. The molecule has 5 heteroatoms. The summed E-state index contributed by atoms with van der Waals surface area (Å²) in [5, 5.41) is 14.5. The lowest BCUT2D eigenvalue weighted by atomic mass is 10.2. The zero-order valence-electron chi connectivity index (χ0n) is 10.3. The van der Waals surface area contributed by atoms with E-state index in [-0.39, 0.29) is 5.91 Å². The lowest BCUT2D eigenvalue weighted by Gasteiger charge is -2.09. The quantitative estimate of drug-likeness (QED) is 0.878. The van der Waals surface area contributed by atoms with Gasteiger partial charge in [-0.2, -0.15) is 5.26 Å². The molecule has 0 bridgehead atoms. The summed E-state index contributed by atoms with van der Waals surface area (Å²) in [5.74, 6) is -0.271. The van der Waals surface area contributed by atoms with E-state index in [1.165, 1.54) is 6.20 Å². The third-order valence-corrected chi connectivity index (χ3v) is 2.58. The smallest absolute Gasteiger partial charge is 0.259 e. The number of nitrogens with one attached hydrogen (secondary N) is 2. The van der Waals surface area contributed by atoms with Crippen LogP contribution in [0.1, 0.15) is 15.9 Å². The van der Waals surface area contributed by atoms with Crippen molar-refractivity contribution in [2.45, 2.75) is 0 Å². The minimum atomic E-state index is -0.271. The molecule has 0 aliphatic rings. The topological polar surface area (TPSA) is 77.8 Å². The normalized spacial score (nSPS) is 9.47. The van der Waals surface area contributed by atoms with Gasteiger partial charge in [0, 0.05) is 30.8 Å². The molecule has 0 radical (unpaired) electrons. The van der Waals surface area contributed by atoms with E-state index >= 15 is 0 Å². The molecule has 1 heterocycles. The fourth-order valence-corrected chi connectivity index (χ4v) is 1.66. The molecule has 0 aliphatic carbocycles. The fourth-order valence-electron chi connectivity index (χ4n) is 1.66. The van der Waals surface area contributed by atoms with Gasteiger partial charge in [-0.05, 0) is 24.3 Å². The Morgan fingerprint density at radius 1 is 1.37 bits per heavy atom. The van der Waals surface area contributed by atoms with Crippen molar-refractivity contribution in [1.29, 1.82) is 5.26 Å². The van der Waals surface area contributed by atoms with Crippen LogP contribution in [0, 0.1) is 11.3 Å². The Balaban J connectivity index is 2.23. The summed E-state index contributed by atoms with van der Waals surface area (Å²) in [6.07, 6.45) is 3.11. The maximum Gasteiger partial charge on any atom is 0.259 e. The molecule has 2 N–H and O–H groups in total. The molecule has 0 saturated heterocycles. The summed E-state index contributed by atoms with van der Waals surface area (Å²) >= 11 is 0. The Kier molecular flexibility index (Phi) is 3.74. The van der Waals surface area contributed by atoms with Crippen LogP contribution in [-0.2, 0) is 0 Å². The van der Waals surface area contributed by atoms with Crippen molar-refractivity contribution in [3.8, 4) is 6.07 Å². The van der Waals surface area contributed by atoms with Gasteiger partial charge in [0.05, 0.1) is 17.2 Å². The Morgan fingerprint density at radius 3 is 2.95 bits per heavy atom. The summed E-state index contributed by atoms with van der Waals surface area (Å²) in [6.45, 7) is 0. The van der Waals surface area contributed by atoms with E-state index in [4.69, 9.17) is 5.26 Å². The van der Waals surface area contributed by atoms with Gasteiger partial charge in [0.2, 0.25) is 0 Å². The van der Waals surface area contributed by atoms with E-state index in [1.807, 2.05) is 6.07 Å². The summed E-state index contributed by atoms with van der Waals surface area (Å²) < 4.78 is 0. The molecule has 1 aromatic carbocycles. The molecular weight excluding hydrogens is 240 g/mol. The molecule has 0 atom stereocenters. The lowest BCUT2D eigenvalue weighted by Crippen LogP contribution is -2.14. The number of hydrogen-bond donors (Lipinski definition) is 2. The summed E-state index contributed by atoms with van der Waals surface area (Å²) in [6, 6.07) is 10.5. The average molecular weight is 252 g/mol.